The van der Waals surface area contributed by atoms with Crippen LogP contribution in [-0.2, 0) is 11.3 Å². The summed E-state index contributed by atoms with van der Waals surface area (Å²) in [7, 11) is 1.67. The summed E-state index contributed by atoms with van der Waals surface area (Å²) in [4.78, 5) is 27.2. The predicted molar refractivity (Wildman–Crippen MR) is 73.6 cm³/mol. The number of carboxylic acid groups (broad SMARTS) is 1. The van der Waals surface area contributed by atoms with Crippen molar-refractivity contribution >= 4 is 34.9 Å². The second-order valence-corrected chi connectivity index (χ2v) is 6.33. The molecule has 7 heteroatoms. The Bertz CT molecular complexity index is 491. The quantitative estimate of drug-likeness (QED) is 0.933. The van der Waals surface area contributed by atoms with E-state index in [1.165, 1.54) is 21.1 Å². The Morgan fingerprint density at radius 2 is 2.32 bits per heavy atom. The number of likely N-dealkylation sites (tertiary alicyclic amines) is 1. The first-order valence-corrected chi connectivity index (χ1v) is 7.17. The number of carbonyl (C=O) groups excluding carboxylic acids is 1. The van der Waals surface area contributed by atoms with E-state index in [-0.39, 0.29) is 6.03 Å². The van der Waals surface area contributed by atoms with Crippen LogP contribution in [-0.4, -0.2) is 46.5 Å². The van der Waals surface area contributed by atoms with Crippen LogP contribution in [0.3, 0.4) is 0 Å². The summed E-state index contributed by atoms with van der Waals surface area (Å²) in [5, 5.41) is 9.08. The third-order valence-electron chi connectivity index (χ3n) is 3.13. The molecule has 104 valence electrons. The Labute approximate surface area is 120 Å². The third-order valence-corrected chi connectivity index (χ3v) is 4.35. The fourth-order valence-corrected chi connectivity index (χ4v) is 3.35. The number of thiophene rings is 1. The molecular weight excluding hydrogens is 288 g/mol. The number of urea groups is 1. The van der Waals surface area contributed by atoms with Crippen LogP contribution in [0.2, 0.25) is 4.34 Å². The van der Waals surface area contributed by atoms with Gasteiger partial charge in [0.05, 0.1) is 10.9 Å². The van der Waals surface area contributed by atoms with Crippen LogP contribution in [0.15, 0.2) is 12.1 Å². The average Bonchev–Trinajstić information content (AvgIpc) is 2.97. The zero-order valence-corrected chi connectivity index (χ0v) is 12.1. The Hall–Kier alpha value is -1.27. The molecule has 1 N–H and O–H groups in total. The SMILES string of the molecule is CN(Cc1ccc(Cl)s1)C(=O)N1CCCC1C(=O)O. The van der Waals surface area contributed by atoms with Gasteiger partial charge in [-0.3, -0.25) is 0 Å². The fraction of sp³-hybridized carbons (Fsp3) is 0.500. The number of hydrogen-bond donors (Lipinski definition) is 1. The van der Waals surface area contributed by atoms with Gasteiger partial charge in [0.15, 0.2) is 0 Å². The summed E-state index contributed by atoms with van der Waals surface area (Å²) in [6, 6.07) is 2.72. The van der Waals surface area contributed by atoms with Crippen LogP contribution in [0.5, 0.6) is 0 Å². The van der Waals surface area contributed by atoms with E-state index in [1.807, 2.05) is 6.07 Å². The van der Waals surface area contributed by atoms with E-state index < -0.39 is 12.0 Å². The largest absolute Gasteiger partial charge is 0.480 e. The highest BCUT2D eigenvalue weighted by Crippen LogP contribution is 2.24. The summed E-state index contributed by atoms with van der Waals surface area (Å²) in [5.41, 5.74) is 0. The van der Waals surface area contributed by atoms with Gasteiger partial charge in [0.2, 0.25) is 0 Å². The van der Waals surface area contributed by atoms with Crippen LogP contribution < -0.4 is 0 Å². The van der Waals surface area contributed by atoms with Crippen molar-refractivity contribution < 1.29 is 14.7 Å². The van der Waals surface area contributed by atoms with E-state index in [9.17, 15) is 9.59 Å². The Balaban J connectivity index is 2.00. The molecule has 1 atom stereocenters. The fourth-order valence-electron chi connectivity index (χ4n) is 2.21. The number of amides is 2. The van der Waals surface area contributed by atoms with Gasteiger partial charge in [-0.1, -0.05) is 11.6 Å². The van der Waals surface area contributed by atoms with Crippen molar-refractivity contribution in [2.75, 3.05) is 13.6 Å². The predicted octanol–water partition coefficient (Wildman–Crippen LogP) is 2.50. The molecule has 0 radical (unpaired) electrons. The molecule has 1 saturated heterocycles. The lowest BCUT2D eigenvalue weighted by Gasteiger charge is -2.27. The Morgan fingerprint density at radius 1 is 1.58 bits per heavy atom. The molecule has 2 amide bonds. The normalized spacial score (nSPS) is 18.6. The van der Waals surface area contributed by atoms with E-state index in [2.05, 4.69) is 0 Å². The molecule has 0 aromatic carbocycles. The topological polar surface area (TPSA) is 60.9 Å². The number of rotatable bonds is 3. The van der Waals surface area contributed by atoms with Crippen molar-refractivity contribution in [2.24, 2.45) is 0 Å². The number of carbonyl (C=O) groups is 2. The van der Waals surface area contributed by atoms with E-state index >= 15 is 0 Å². The van der Waals surface area contributed by atoms with Crippen molar-refractivity contribution in [3.8, 4) is 0 Å². The maximum Gasteiger partial charge on any atom is 0.326 e. The molecule has 1 fully saturated rings. The first-order valence-electron chi connectivity index (χ1n) is 5.98. The van der Waals surface area contributed by atoms with Crippen LogP contribution in [0, 0.1) is 0 Å². The van der Waals surface area contributed by atoms with Crippen LogP contribution in [0.25, 0.3) is 0 Å². The van der Waals surface area contributed by atoms with Crippen molar-refractivity contribution in [3.05, 3.63) is 21.3 Å². The Kier molecular flexibility index (Phi) is 4.31. The number of carboxylic acids is 1. The minimum Gasteiger partial charge on any atom is -0.480 e. The number of aliphatic carboxylic acids is 1. The first-order chi connectivity index (χ1) is 8.99. The Morgan fingerprint density at radius 3 is 2.89 bits per heavy atom. The van der Waals surface area contributed by atoms with Crippen molar-refractivity contribution in [3.63, 3.8) is 0 Å². The second kappa shape index (κ2) is 5.79. The van der Waals surface area contributed by atoms with Gasteiger partial charge in [-0.15, -0.1) is 11.3 Å². The van der Waals surface area contributed by atoms with Crippen LogP contribution in [0.4, 0.5) is 4.79 Å². The lowest BCUT2D eigenvalue weighted by atomic mass is 10.2. The van der Waals surface area contributed by atoms with Crippen molar-refractivity contribution in [1.82, 2.24) is 9.80 Å². The molecule has 0 saturated carbocycles. The molecule has 0 spiro atoms. The standard InChI is InChI=1S/C12H15ClN2O3S/c1-14(7-8-4-5-10(13)19-8)12(18)15-6-2-3-9(15)11(16)17/h4-5,9H,2-3,6-7H2,1H3,(H,16,17). The molecule has 1 aliphatic rings. The molecular formula is C12H15ClN2O3S. The van der Waals surface area contributed by atoms with Gasteiger partial charge in [0.1, 0.15) is 6.04 Å². The summed E-state index contributed by atoms with van der Waals surface area (Å²) >= 11 is 7.26. The number of hydrogen-bond acceptors (Lipinski definition) is 3. The maximum atomic E-state index is 12.2. The third kappa shape index (κ3) is 3.19. The average molecular weight is 303 g/mol. The van der Waals surface area contributed by atoms with Gasteiger partial charge in [-0.05, 0) is 25.0 Å². The van der Waals surface area contributed by atoms with Crippen LogP contribution in [0.1, 0.15) is 17.7 Å². The molecule has 0 bridgehead atoms. The van der Waals surface area contributed by atoms with Gasteiger partial charge >= 0.3 is 12.0 Å². The van der Waals surface area contributed by atoms with Crippen LogP contribution >= 0.6 is 22.9 Å². The number of nitrogens with zero attached hydrogens (tertiary/aromatic N) is 2. The zero-order valence-electron chi connectivity index (χ0n) is 10.5. The van der Waals surface area contributed by atoms with Gasteiger partial charge < -0.3 is 14.9 Å². The lowest BCUT2D eigenvalue weighted by Crippen LogP contribution is -2.46. The minimum atomic E-state index is -0.932. The summed E-state index contributed by atoms with van der Waals surface area (Å²) in [6.45, 7) is 0.949. The van der Waals surface area contributed by atoms with E-state index in [1.54, 1.807) is 13.1 Å². The highest BCUT2D eigenvalue weighted by atomic mass is 35.5. The molecule has 5 nitrogen and oxygen atoms in total. The second-order valence-electron chi connectivity index (χ2n) is 4.53. The summed E-state index contributed by atoms with van der Waals surface area (Å²) in [6.07, 6.45) is 1.27. The highest BCUT2D eigenvalue weighted by Gasteiger charge is 2.35. The van der Waals surface area contributed by atoms with Gasteiger partial charge in [0.25, 0.3) is 0 Å². The number of halogens is 1. The lowest BCUT2D eigenvalue weighted by molar-refractivity contribution is -0.141. The van der Waals surface area contributed by atoms with Crippen molar-refractivity contribution in [2.45, 2.75) is 25.4 Å². The highest BCUT2D eigenvalue weighted by molar-refractivity contribution is 7.16. The molecule has 1 aromatic heterocycles. The van der Waals surface area contributed by atoms with Gasteiger partial charge in [-0.25, -0.2) is 9.59 Å². The van der Waals surface area contributed by atoms with Crippen molar-refractivity contribution in [1.29, 1.82) is 0 Å². The zero-order chi connectivity index (χ0) is 14.0. The van der Waals surface area contributed by atoms with Gasteiger partial charge in [-0.2, -0.15) is 0 Å². The summed E-state index contributed by atoms with van der Waals surface area (Å²) < 4.78 is 0.681. The van der Waals surface area contributed by atoms with E-state index in [0.29, 0.717) is 23.8 Å². The molecule has 19 heavy (non-hydrogen) atoms. The molecule has 1 aromatic rings. The molecule has 2 heterocycles. The monoisotopic (exact) mass is 302 g/mol. The molecule has 0 aliphatic carbocycles. The summed E-state index contributed by atoms with van der Waals surface area (Å²) in [5.74, 6) is -0.932. The molecule has 1 aliphatic heterocycles. The minimum absolute atomic E-state index is 0.241. The molecule has 1 unspecified atom stereocenters. The first kappa shape index (κ1) is 14.1. The van der Waals surface area contributed by atoms with E-state index in [0.717, 1.165) is 11.3 Å². The van der Waals surface area contributed by atoms with E-state index in [4.69, 9.17) is 16.7 Å². The van der Waals surface area contributed by atoms with Gasteiger partial charge in [0, 0.05) is 18.5 Å². The molecule has 2 rings (SSSR count). The maximum absolute atomic E-state index is 12.2. The smallest absolute Gasteiger partial charge is 0.326 e.